The average Bonchev–Trinajstić information content (AvgIpc) is 2.84. The lowest BCUT2D eigenvalue weighted by atomic mass is 9.95. The van der Waals surface area contributed by atoms with Crippen molar-refractivity contribution in [1.29, 1.82) is 0 Å². The fraction of sp³-hybridized carbons (Fsp3) is 0.391. The van der Waals surface area contributed by atoms with E-state index in [9.17, 15) is 4.79 Å². The van der Waals surface area contributed by atoms with Crippen molar-refractivity contribution in [2.45, 2.75) is 12.8 Å². The lowest BCUT2D eigenvalue weighted by Crippen LogP contribution is -2.47. The van der Waals surface area contributed by atoms with Crippen LogP contribution >= 0.6 is 0 Å². The summed E-state index contributed by atoms with van der Waals surface area (Å²) in [7, 11) is 0. The molecule has 154 valence electrons. The van der Waals surface area contributed by atoms with Gasteiger partial charge in [0.25, 0.3) is 0 Å². The molecule has 2 aromatic heterocycles. The van der Waals surface area contributed by atoms with E-state index in [1.54, 1.807) is 12.4 Å². The summed E-state index contributed by atoms with van der Waals surface area (Å²) in [5, 5.41) is 1.04. The summed E-state index contributed by atoms with van der Waals surface area (Å²) in [4.78, 5) is 31.0. The van der Waals surface area contributed by atoms with Gasteiger partial charge in [0.15, 0.2) is 5.82 Å². The molecule has 0 bridgehead atoms. The Morgan fingerprint density at radius 3 is 2.53 bits per heavy atom. The average molecular weight is 403 g/mol. The van der Waals surface area contributed by atoms with Crippen LogP contribution in [0.3, 0.4) is 0 Å². The number of carbonyl (C=O) groups is 1. The maximum absolute atomic E-state index is 12.9. The predicted octanol–water partition coefficient (Wildman–Crippen LogP) is 2.77. The number of piperidine rings is 1. The first kappa shape index (κ1) is 18.9. The summed E-state index contributed by atoms with van der Waals surface area (Å²) in [6.45, 7) is 4.35. The van der Waals surface area contributed by atoms with Crippen LogP contribution in [0.5, 0.6) is 0 Å². The van der Waals surface area contributed by atoms with Gasteiger partial charge in [-0.1, -0.05) is 12.1 Å². The Hall–Kier alpha value is -3.06. The van der Waals surface area contributed by atoms with Crippen LogP contribution in [0.25, 0.3) is 22.3 Å². The maximum atomic E-state index is 12.9. The highest BCUT2D eigenvalue weighted by molar-refractivity contribution is 5.91. The van der Waals surface area contributed by atoms with Gasteiger partial charge in [-0.05, 0) is 37.1 Å². The number of rotatable bonds is 3. The molecule has 0 aliphatic carbocycles. The Bertz CT molecular complexity index is 1030. The quantitative estimate of drug-likeness (QED) is 0.670. The highest BCUT2D eigenvalue weighted by Gasteiger charge is 2.30. The van der Waals surface area contributed by atoms with Crippen molar-refractivity contribution in [1.82, 2.24) is 19.9 Å². The van der Waals surface area contributed by atoms with Crippen LogP contribution in [0.4, 0.5) is 5.82 Å². The Morgan fingerprint density at radius 2 is 1.77 bits per heavy atom. The van der Waals surface area contributed by atoms with E-state index in [-0.39, 0.29) is 11.8 Å². The fourth-order valence-corrected chi connectivity index (χ4v) is 4.31. The van der Waals surface area contributed by atoms with Crippen LogP contribution < -0.4 is 4.90 Å². The number of para-hydroxylation sites is 1. The summed E-state index contributed by atoms with van der Waals surface area (Å²) >= 11 is 0. The normalized spacial score (nSPS) is 18.0. The van der Waals surface area contributed by atoms with E-state index in [0.717, 1.165) is 48.2 Å². The third-order valence-electron chi connectivity index (χ3n) is 5.97. The Kier molecular flexibility index (Phi) is 5.27. The number of nitrogens with zero attached hydrogens (tertiary/aromatic N) is 5. The molecular formula is C23H25N5O2. The zero-order valence-electron chi connectivity index (χ0n) is 16.9. The largest absolute Gasteiger partial charge is 0.378 e. The number of hydrogen-bond acceptors (Lipinski definition) is 6. The second kappa shape index (κ2) is 8.36. The number of hydrogen-bond donors (Lipinski definition) is 0. The maximum Gasteiger partial charge on any atom is 0.225 e. The van der Waals surface area contributed by atoms with E-state index < -0.39 is 0 Å². The van der Waals surface area contributed by atoms with E-state index >= 15 is 0 Å². The van der Waals surface area contributed by atoms with E-state index in [1.165, 1.54) is 0 Å². The molecule has 0 radical (unpaired) electrons. The molecule has 2 fully saturated rings. The van der Waals surface area contributed by atoms with Gasteiger partial charge in [-0.2, -0.15) is 0 Å². The molecule has 0 saturated carbocycles. The van der Waals surface area contributed by atoms with E-state index in [2.05, 4.69) is 16.0 Å². The van der Waals surface area contributed by atoms with Gasteiger partial charge >= 0.3 is 0 Å². The molecule has 0 spiro atoms. The van der Waals surface area contributed by atoms with E-state index in [4.69, 9.17) is 14.7 Å². The molecule has 5 rings (SSSR count). The highest BCUT2D eigenvalue weighted by atomic mass is 16.5. The molecule has 7 heteroatoms. The first-order chi connectivity index (χ1) is 14.8. The lowest BCUT2D eigenvalue weighted by molar-refractivity contribution is -0.140. The second-order valence-corrected chi connectivity index (χ2v) is 7.83. The molecule has 30 heavy (non-hydrogen) atoms. The number of anilines is 1. The van der Waals surface area contributed by atoms with Crippen LogP contribution in [0.15, 0.2) is 48.8 Å². The minimum absolute atomic E-state index is 0.0882. The van der Waals surface area contributed by atoms with Gasteiger partial charge < -0.3 is 14.5 Å². The number of amides is 1. The van der Waals surface area contributed by atoms with Gasteiger partial charge in [0, 0.05) is 55.4 Å². The number of morpholine rings is 1. The Balaban J connectivity index is 1.39. The van der Waals surface area contributed by atoms with Crippen molar-refractivity contribution in [3.63, 3.8) is 0 Å². The lowest BCUT2D eigenvalue weighted by Gasteiger charge is -2.36. The smallest absolute Gasteiger partial charge is 0.225 e. The molecule has 2 aliphatic rings. The van der Waals surface area contributed by atoms with Crippen molar-refractivity contribution in [2.75, 3.05) is 44.3 Å². The SMILES string of the molecule is O=C(C1CCN(c2nc(-c3cccnc3)nc3ccccc23)CC1)N1CCOCC1. The first-order valence-electron chi connectivity index (χ1n) is 10.6. The minimum Gasteiger partial charge on any atom is -0.378 e. The summed E-state index contributed by atoms with van der Waals surface area (Å²) in [6, 6.07) is 12.0. The van der Waals surface area contributed by atoms with Crippen molar-refractivity contribution in [3.8, 4) is 11.4 Å². The number of benzene rings is 1. The van der Waals surface area contributed by atoms with Gasteiger partial charge in [-0.25, -0.2) is 9.97 Å². The molecule has 0 unspecified atom stereocenters. The number of aromatic nitrogens is 3. The molecule has 0 atom stereocenters. The monoisotopic (exact) mass is 403 g/mol. The molecule has 3 aromatic rings. The molecule has 2 saturated heterocycles. The van der Waals surface area contributed by atoms with Crippen molar-refractivity contribution in [2.24, 2.45) is 5.92 Å². The molecule has 1 amide bonds. The molecule has 7 nitrogen and oxygen atoms in total. The summed E-state index contributed by atoms with van der Waals surface area (Å²) < 4.78 is 5.38. The molecule has 4 heterocycles. The van der Waals surface area contributed by atoms with Gasteiger partial charge in [0.2, 0.25) is 5.91 Å². The minimum atomic E-state index is 0.0882. The number of pyridine rings is 1. The number of fused-ring (bicyclic) bond motifs is 1. The van der Waals surface area contributed by atoms with E-state index in [1.807, 2.05) is 35.2 Å². The Morgan fingerprint density at radius 1 is 0.967 bits per heavy atom. The third-order valence-corrected chi connectivity index (χ3v) is 5.97. The Labute approximate surface area is 175 Å². The molecule has 1 aromatic carbocycles. The van der Waals surface area contributed by atoms with Crippen molar-refractivity contribution in [3.05, 3.63) is 48.8 Å². The fourth-order valence-electron chi connectivity index (χ4n) is 4.31. The van der Waals surface area contributed by atoms with Crippen molar-refractivity contribution < 1.29 is 9.53 Å². The van der Waals surface area contributed by atoms with Crippen LogP contribution in [0.1, 0.15) is 12.8 Å². The van der Waals surface area contributed by atoms with Crippen LogP contribution in [-0.2, 0) is 9.53 Å². The standard InChI is InChI=1S/C23H25N5O2/c29-23(28-12-14-30-15-13-28)17-7-10-27(11-8-17)22-19-5-1-2-6-20(19)25-21(26-22)18-4-3-9-24-16-18/h1-6,9,16-17H,7-8,10-15H2. The van der Waals surface area contributed by atoms with Gasteiger partial charge in [-0.3, -0.25) is 9.78 Å². The second-order valence-electron chi connectivity index (χ2n) is 7.83. The summed E-state index contributed by atoms with van der Waals surface area (Å²) in [6.07, 6.45) is 5.23. The number of carbonyl (C=O) groups excluding carboxylic acids is 1. The highest BCUT2D eigenvalue weighted by Crippen LogP contribution is 2.31. The molecule has 2 aliphatic heterocycles. The topological polar surface area (TPSA) is 71.5 Å². The third kappa shape index (κ3) is 3.73. The van der Waals surface area contributed by atoms with Gasteiger partial charge in [0.1, 0.15) is 5.82 Å². The van der Waals surface area contributed by atoms with Crippen molar-refractivity contribution >= 4 is 22.6 Å². The van der Waals surface area contributed by atoms with E-state index in [0.29, 0.717) is 32.1 Å². The summed E-state index contributed by atoms with van der Waals surface area (Å²) in [5.74, 6) is 1.99. The van der Waals surface area contributed by atoms with Gasteiger partial charge in [0.05, 0.1) is 18.7 Å². The molecule has 0 N–H and O–H groups in total. The first-order valence-corrected chi connectivity index (χ1v) is 10.6. The van der Waals surface area contributed by atoms with Crippen LogP contribution in [0, 0.1) is 5.92 Å². The summed E-state index contributed by atoms with van der Waals surface area (Å²) in [5.41, 5.74) is 1.83. The van der Waals surface area contributed by atoms with Gasteiger partial charge in [-0.15, -0.1) is 0 Å². The zero-order valence-corrected chi connectivity index (χ0v) is 16.9. The number of ether oxygens (including phenoxy) is 1. The predicted molar refractivity (Wildman–Crippen MR) is 115 cm³/mol. The van der Waals surface area contributed by atoms with Crippen LogP contribution in [-0.4, -0.2) is 65.2 Å². The van der Waals surface area contributed by atoms with Crippen LogP contribution in [0.2, 0.25) is 0 Å². The zero-order chi connectivity index (χ0) is 20.3. The molecular weight excluding hydrogens is 378 g/mol.